The van der Waals surface area contributed by atoms with Crippen molar-refractivity contribution < 1.29 is 13.2 Å². The van der Waals surface area contributed by atoms with Crippen molar-refractivity contribution in [3.63, 3.8) is 0 Å². The zero-order valence-corrected chi connectivity index (χ0v) is 19.9. The molecule has 3 N–H and O–H groups in total. The number of aromatic nitrogens is 1. The van der Waals surface area contributed by atoms with Gasteiger partial charge in [0, 0.05) is 23.1 Å². The number of hydrogen-bond donors (Lipinski definition) is 2. The van der Waals surface area contributed by atoms with Gasteiger partial charge in [0.2, 0.25) is 0 Å². The molecule has 0 saturated heterocycles. The summed E-state index contributed by atoms with van der Waals surface area (Å²) in [7, 11) is -4.14. The Kier molecular flexibility index (Phi) is 5.90. The number of fused-ring (bicyclic) bond motifs is 1. The van der Waals surface area contributed by atoms with Crippen LogP contribution in [0.3, 0.4) is 0 Å². The SMILES string of the molecule is Cc1cc(C)c(Cn2c(C(=O)NS(=O)(=O)c3cccc(N)c3)cc3cc(C#N)ccc32)c(C)c1. The maximum Gasteiger partial charge on any atom is 0.281 e. The van der Waals surface area contributed by atoms with Crippen LogP contribution in [-0.4, -0.2) is 18.9 Å². The second-order valence-corrected chi connectivity index (χ2v) is 10.1. The number of anilines is 1. The second-order valence-electron chi connectivity index (χ2n) is 8.39. The molecule has 3 aromatic carbocycles. The molecule has 172 valence electrons. The van der Waals surface area contributed by atoms with Gasteiger partial charge in [0.15, 0.2) is 0 Å². The molecule has 7 nitrogen and oxygen atoms in total. The zero-order chi connectivity index (χ0) is 24.6. The zero-order valence-electron chi connectivity index (χ0n) is 19.1. The summed E-state index contributed by atoms with van der Waals surface area (Å²) in [4.78, 5) is 13.2. The molecule has 0 fully saturated rings. The molecule has 1 heterocycles. The van der Waals surface area contributed by atoms with Crippen LogP contribution in [0.15, 0.2) is 65.6 Å². The summed E-state index contributed by atoms with van der Waals surface area (Å²) in [5, 5.41) is 9.97. The monoisotopic (exact) mass is 472 g/mol. The Balaban J connectivity index is 1.82. The van der Waals surface area contributed by atoms with Crippen LogP contribution < -0.4 is 10.5 Å². The number of carbonyl (C=O) groups excluding carboxylic acids is 1. The number of nitrogen functional groups attached to an aromatic ring is 1. The number of benzene rings is 3. The number of nitrogens with one attached hydrogen (secondary N) is 1. The maximum absolute atomic E-state index is 13.3. The Hall–Kier alpha value is -4.09. The molecule has 0 bridgehead atoms. The fraction of sp³-hybridized carbons (Fsp3) is 0.154. The molecule has 0 unspecified atom stereocenters. The van der Waals surface area contributed by atoms with Crippen molar-refractivity contribution in [2.24, 2.45) is 0 Å². The van der Waals surface area contributed by atoms with Crippen molar-refractivity contribution in [3.05, 3.63) is 94.2 Å². The molecule has 1 aromatic heterocycles. The molecule has 0 radical (unpaired) electrons. The van der Waals surface area contributed by atoms with E-state index in [4.69, 9.17) is 5.73 Å². The summed E-state index contributed by atoms with van der Waals surface area (Å²) < 4.78 is 29.7. The number of amides is 1. The Labute approximate surface area is 198 Å². The summed E-state index contributed by atoms with van der Waals surface area (Å²) in [6.45, 7) is 6.42. The molecule has 0 atom stereocenters. The molecule has 0 aliphatic rings. The van der Waals surface area contributed by atoms with Crippen LogP contribution in [0.25, 0.3) is 10.9 Å². The maximum atomic E-state index is 13.3. The fourth-order valence-electron chi connectivity index (χ4n) is 4.23. The predicted octanol–water partition coefficient (Wildman–Crippen LogP) is 4.19. The topological polar surface area (TPSA) is 118 Å². The second kappa shape index (κ2) is 8.69. The number of sulfonamides is 1. The smallest absolute Gasteiger partial charge is 0.281 e. The Morgan fingerprint density at radius 2 is 1.74 bits per heavy atom. The number of nitrogens with two attached hydrogens (primary N) is 1. The molecule has 4 rings (SSSR count). The van der Waals surface area contributed by atoms with Crippen molar-refractivity contribution >= 4 is 32.5 Å². The Morgan fingerprint density at radius 1 is 1.03 bits per heavy atom. The largest absolute Gasteiger partial charge is 0.399 e. The van der Waals surface area contributed by atoms with Gasteiger partial charge in [0.1, 0.15) is 5.69 Å². The number of carbonyl (C=O) groups is 1. The molecule has 0 aliphatic carbocycles. The number of nitriles is 1. The Morgan fingerprint density at radius 3 is 2.38 bits per heavy atom. The van der Waals surface area contributed by atoms with Gasteiger partial charge in [0.25, 0.3) is 15.9 Å². The van der Waals surface area contributed by atoms with Crippen LogP contribution in [0.1, 0.15) is 38.3 Å². The number of hydrogen-bond acceptors (Lipinski definition) is 5. The highest BCUT2D eigenvalue weighted by Crippen LogP contribution is 2.26. The number of rotatable bonds is 5. The van der Waals surface area contributed by atoms with Gasteiger partial charge in [0.05, 0.1) is 16.5 Å². The minimum atomic E-state index is -4.14. The lowest BCUT2D eigenvalue weighted by Gasteiger charge is -2.16. The van der Waals surface area contributed by atoms with E-state index in [2.05, 4.69) is 22.9 Å². The third-order valence-electron chi connectivity index (χ3n) is 5.82. The van der Waals surface area contributed by atoms with Crippen molar-refractivity contribution in [3.8, 4) is 6.07 Å². The van der Waals surface area contributed by atoms with Gasteiger partial charge in [-0.15, -0.1) is 0 Å². The van der Waals surface area contributed by atoms with Gasteiger partial charge in [-0.3, -0.25) is 4.79 Å². The van der Waals surface area contributed by atoms with Crippen LogP contribution in [-0.2, 0) is 16.6 Å². The molecule has 4 aromatic rings. The van der Waals surface area contributed by atoms with Gasteiger partial charge in [-0.1, -0.05) is 23.8 Å². The van der Waals surface area contributed by atoms with E-state index in [0.29, 0.717) is 17.5 Å². The summed E-state index contributed by atoms with van der Waals surface area (Å²) in [5.74, 6) is -0.764. The molecule has 1 amide bonds. The van der Waals surface area contributed by atoms with E-state index in [9.17, 15) is 18.5 Å². The van der Waals surface area contributed by atoms with Crippen LogP contribution in [0, 0.1) is 32.1 Å². The molecule has 0 aliphatic heterocycles. The summed E-state index contributed by atoms with van der Waals surface area (Å²) in [6, 6.07) is 18.7. The molecular weight excluding hydrogens is 448 g/mol. The highest BCUT2D eigenvalue weighted by atomic mass is 32.2. The van der Waals surface area contributed by atoms with Gasteiger partial charge < -0.3 is 10.3 Å². The average molecular weight is 473 g/mol. The lowest BCUT2D eigenvalue weighted by atomic mass is 9.99. The average Bonchev–Trinajstić information content (AvgIpc) is 3.13. The fourth-order valence-corrected chi connectivity index (χ4v) is 5.25. The van der Waals surface area contributed by atoms with Crippen LogP contribution >= 0.6 is 0 Å². The van der Waals surface area contributed by atoms with Crippen LogP contribution in [0.2, 0.25) is 0 Å². The minimum Gasteiger partial charge on any atom is -0.399 e. The summed E-state index contributed by atoms with van der Waals surface area (Å²) in [6.07, 6.45) is 0. The van der Waals surface area contributed by atoms with Gasteiger partial charge in [-0.25, -0.2) is 13.1 Å². The van der Waals surface area contributed by atoms with Crippen molar-refractivity contribution in [1.29, 1.82) is 5.26 Å². The van der Waals surface area contributed by atoms with E-state index in [1.165, 1.54) is 18.2 Å². The summed E-state index contributed by atoms with van der Waals surface area (Å²) >= 11 is 0. The van der Waals surface area contributed by atoms with Crippen molar-refractivity contribution in [2.45, 2.75) is 32.2 Å². The first-order chi connectivity index (χ1) is 16.1. The van der Waals surface area contributed by atoms with E-state index in [0.717, 1.165) is 27.8 Å². The van der Waals surface area contributed by atoms with Gasteiger partial charge in [-0.2, -0.15) is 5.26 Å². The van der Waals surface area contributed by atoms with Gasteiger partial charge in [-0.05, 0) is 79.9 Å². The quantitative estimate of drug-likeness (QED) is 0.422. The lowest BCUT2D eigenvalue weighted by Crippen LogP contribution is -2.32. The van der Waals surface area contributed by atoms with E-state index in [1.54, 1.807) is 34.9 Å². The first-order valence-electron chi connectivity index (χ1n) is 10.6. The normalized spacial score (nSPS) is 11.4. The van der Waals surface area contributed by atoms with E-state index >= 15 is 0 Å². The van der Waals surface area contributed by atoms with E-state index < -0.39 is 15.9 Å². The predicted molar refractivity (Wildman–Crippen MR) is 132 cm³/mol. The standard InChI is InChI=1S/C26H24N4O3S/c1-16-9-17(2)23(18(3)10-16)15-30-24-8-7-19(14-27)11-20(24)12-25(30)26(31)29-34(32,33)22-6-4-5-21(28)13-22/h4-13H,15,28H2,1-3H3,(H,29,31). The minimum absolute atomic E-state index is 0.0968. The molecular formula is C26H24N4O3S. The molecule has 0 saturated carbocycles. The van der Waals surface area contributed by atoms with Crippen LogP contribution in [0.5, 0.6) is 0 Å². The molecule has 0 spiro atoms. The number of nitrogens with zero attached hydrogens (tertiary/aromatic N) is 2. The van der Waals surface area contributed by atoms with Crippen molar-refractivity contribution in [1.82, 2.24) is 9.29 Å². The lowest BCUT2D eigenvalue weighted by molar-refractivity contribution is 0.0973. The van der Waals surface area contributed by atoms with Gasteiger partial charge >= 0.3 is 0 Å². The number of aryl methyl sites for hydroxylation is 3. The first-order valence-corrected chi connectivity index (χ1v) is 12.1. The first kappa shape index (κ1) is 23.1. The molecule has 8 heteroatoms. The summed E-state index contributed by atoms with van der Waals surface area (Å²) in [5.41, 5.74) is 11.7. The Bertz CT molecular complexity index is 1570. The highest BCUT2D eigenvalue weighted by molar-refractivity contribution is 7.90. The third kappa shape index (κ3) is 4.38. The third-order valence-corrected chi connectivity index (χ3v) is 7.14. The molecule has 34 heavy (non-hydrogen) atoms. The van der Waals surface area contributed by atoms with Crippen molar-refractivity contribution in [2.75, 3.05) is 5.73 Å². The van der Waals surface area contributed by atoms with E-state index in [-0.39, 0.29) is 16.3 Å². The highest BCUT2D eigenvalue weighted by Gasteiger charge is 2.23. The van der Waals surface area contributed by atoms with E-state index in [1.807, 2.05) is 20.8 Å². The van der Waals surface area contributed by atoms with Crippen LogP contribution in [0.4, 0.5) is 5.69 Å².